The highest BCUT2D eigenvalue weighted by Crippen LogP contribution is 2.46. The predicted molar refractivity (Wildman–Crippen MR) is 153 cm³/mol. The monoisotopic (exact) mass is 539 g/mol. The van der Waals surface area contributed by atoms with E-state index in [0.717, 1.165) is 50.2 Å². The van der Waals surface area contributed by atoms with Gasteiger partial charge in [-0.1, -0.05) is 36.4 Å². The number of ketones is 2. The highest BCUT2D eigenvalue weighted by atomic mass is 16.5. The Balaban J connectivity index is 1.23. The summed E-state index contributed by atoms with van der Waals surface area (Å²) in [6.45, 7) is 7.43. The molecular formula is C32H33N3O5. The molecule has 2 heterocycles. The Morgan fingerprint density at radius 2 is 1.85 bits per heavy atom. The second-order valence-corrected chi connectivity index (χ2v) is 10.6. The molecule has 1 fully saturated rings. The van der Waals surface area contributed by atoms with Gasteiger partial charge >= 0.3 is 5.97 Å². The van der Waals surface area contributed by atoms with Crippen molar-refractivity contribution in [2.45, 2.75) is 39.2 Å². The Bertz CT molecular complexity index is 1480. The summed E-state index contributed by atoms with van der Waals surface area (Å²) in [6.07, 6.45) is 7.98. The molecule has 2 aromatic carbocycles. The molecule has 2 aliphatic heterocycles. The molecule has 1 unspecified atom stereocenters. The molecule has 2 aromatic rings. The van der Waals surface area contributed by atoms with Crippen molar-refractivity contribution in [3.8, 4) is 5.75 Å². The molecule has 1 N–H and O–H groups in total. The van der Waals surface area contributed by atoms with Gasteiger partial charge in [-0.3, -0.25) is 14.4 Å². The molecule has 0 saturated carbocycles. The number of fused-ring (bicyclic) bond motifs is 5. The molecule has 40 heavy (non-hydrogen) atoms. The maximum atomic E-state index is 13.8. The number of nitrogens with one attached hydrogen (secondary N) is 1. The lowest BCUT2D eigenvalue weighted by Crippen LogP contribution is -2.37. The Morgan fingerprint density at radius 3 is 2.58 bits per heavy atom. The Hall–Kier alpha value is -4.04. The molecule has 0 bridgehead atoms. The van der Waals surface area contributed by atoms with E-state index in [1.165, 1.54) is 0 Å². The van der Waals surface area contributed by atoms with Crippen molar-refractivity contribution in [3.63, 3.8) is 0 Å². The lowest BCUT2D eigenvalue weighted by molar-refractivity contribution is -0.149. The van der Waals surface area contributed by atoms with Gasteiger partial charge in [-0.2, -0.15) is 0 Å². The largest absolute Gasteiger partial charge is 0.478 e. The van der Waals surface area contributed by atoms with E-state index in [9.17, 15) is 14.4 Å². The van der Waals surface area contributed by atoms with Gasteiger partial charge < -0.3 is 19.7 Å². The van der Waals surface area contributed by atoms with Gasteiger partial charge in [-0.15, -0.1) is 0 Å². The number of carbonyl (C=O) groups excluding carboxylic acids is 3. The molecule has 0 amide bonds. The molecule has 1 saturated heterocycles. The zero-order chi connectivity index (χ0) is 27.8. The SMILES string of the molecule is CCOC(=O)C1CCN(CCCNc2cc3c(c4c2C(=O)c2ccccc2C4=O)N=C2C(C)=CC=CC2O3)CC1. The molecular weight excluding hydrogens is 506 g/mol. The summed E-state index contributed by atoms with van der Waals surface area (Å²) in [6, 6.07) is 8.78. The highest BCUT2D eigenvalue weighted by Gasteiger charge is 2.38. The van der Waals surface area contributed by atoms with E-state index in [-0.39, 0.29) is 29.6 Å². The molecule has 2 aliphatic carbocycles. The number of piperidine rings is 1. The summed E-state index contributed by atoms with van der Waals surface area (Å²) >= 11 is 0. The first-order valence-corrected chi connectivity index (χ1v) is 14.1. The maximum Gasteiger partial charge on any atom is 0.309 e. The topological polar surface area (TPSA) is 97.3 Å². The first kappa shape index (κ1) is 26.2. The third-order valence-corrected chi connectivity index (χ3v) is 8.10. The average Bonchev–Trinajstić information content (AvgIpc) is 2.97. The Labute approximate surface area is 233 Å². The van der Waals surface area contributed by atoms with Crippen LogP contribution in [-0.2, 0) is 9.53 Å². The number of anilines is 1. The fourth-order valence-corrected chi connectivity index (χ4v) is 5.98. The maximum absolute atomic E-state index is 13.8. The van der Waals surface area contributed by atoms with E-state index in [4.69, 9.17) is 14.5 Å². The van der Waals surface area contributed by atoms with Crippen LogP contribution in [0, 0.1) is 5.92 Å². The second kappa shape index (κ2) is 10.8. The summed E-state index contributed by atoms with van der Waals surface area (Å²) in [7, 11) is 0. The van der Waals surface area contributed by atoms with E-state index in [0.29, 0.717) is 52.5 Å². The van der Waals surface area contributed by atoms with Gasteiger partial charge in [-0.25, -0.2) is 4.99 Å². The van der Waals surface area contributed by atoms with Crippen LogP contribution in [0.25, 0.3) is 0 Å². The number of ether oxygens (including phenoxy) is 2. The van der Waals surface area contributed by atoms with Crippen LogP contribution in [0.2, 0.25) is 0 Å². The van der Waals surface area contributed by atoms with Gasteiger partial charge in [0.15, 0.2) is 17.7 Å². The molecule has 4 aliphatic rings. The summed E-state index contributed by atoms with van der Waals surface area (Å²) < 4.78 is 11.5. The lowest BCUT2D eigenvalue weighted by Gasteiger charge is -2.31. The minimum absolute atomic E-state index is 0.00997. The summed E-state index contributed by atoms with van der Waals surface area (Å²) in [5.41, 5.74) is 4.20. The summed E-state index contributed by atoms with van der Waals surface area (Å²) in [4.78, 5) is 46.8. The van der Waals surface area contributed by atoms with Crippen LogP contribution in [0.1, 0.15) is 65.0 Å². The van der Waals surface area contributed by atoms with Crippen molar-refractivity contribution in [2.75, 3.05) is 38.1 Å². The smallest absolute Gasteiger partial charge is 0.309 e. The molecule has 206 valence electrons. The zero-order valence-electron chi connectivity index (χ0n) is 22.9. The predicted octanol–water partition coefficient (Wildman–Crippen LogP) is 4.89. The first-order valence-electron chi connectivity index (χ1n) is 14.1. The van der Waals surface area contributed by atoms with Gasteiger partial charge in [0.25, 0.3) is 0 Å². The molecule has 0 radical (unpaired) electrons. The van der Waals surface area contributed by atoms with E-state index >= 15 is 0 Å². The standard InChI is InChI=1S/C32H33N3O5/c1-3-39-32(38)20-12-16-35(17-13-20)15-7-14-33-23-18-25-29(34-28-19(2)8-6-11-24(28)40-25)27-26(23)30(36)21-9-4-5-10-22(21)31(27)37/h4-6,8-11,18,20,24,33H,3,7,12-17H2,1-2H3. The quantitative estimate of drug-likeness (QED) is 0.337. The van der Waals surface area contributed by atoms with Crippen molar-refractivity contribution < 1.29 is 23.9 Å². The first-order chi connectivity index (χ1) is 19.5. The van der Waals surface area contributed by atoms with Crippen LogP contribution in [0.4, 0.5) is 11.4 Å². The number of aliphatic imine (C=N–C) groups is 1. The summed E-state index contributed by atoms with van der Waals surface area (Å²) in [5, 5.41) is 3.44. The van der Waals surface area contributed by atoms with Crippen molar-refractivity contribution in [1.82, 2.24) is 4.90 Å². The van der Waals surface area contributed by atoms with Crippen molar-refractivity contribution in [3.05, 3.63) is 76.4 Å². The van der Waals surface area contributed by atoms with Gasteiger partial charge in [0, 0.05) is 29.4 Å². The summed E-state index contributed by atoms with van der Waals surface area (Å²) in [5.74, 6) is -0.000802. The van der Waals surface area contributed by atoms with Gasteiger partial charge in [-0.05, 0) is 64.4 Å². The number of hydrogen-bond donors (Lipinski definition) is 1. The Morgan fingerprint density at radius 1 is 1.12 bits per heavy atom. The third-order valence-electron chi connectivity index (χ3n) is 8.10. The number of allylic oxidation sites excluding steroid dienone is 2. The van der Waals surface area contributed by atoms with Crippen molar-refractivity contribution >= 4 is 34.6 Å². The number of benzene rings is 2. The van der Waals surface area contributed by atoms with Crippen molar-refractivity contribution in [1.29, 1.82) is 0 Å². The van der Waals surface area contributed by atoms with E-state index in [2.05, 4.69) is 10.2 Å². The van der Waals surface area contributed by atoms with Crippen LogP contribution in [0.3, 0.4) is 0 Å². The molecule has 1 atom stereocenters. The van der Waals surface area contributed by atoms with Crippen LogP contribution >= 0.6 is 0 Å². The number of rotatable bonds is 7. The lowest BCUT2D eigenvalue weighted by atomic mass is 9.81. The molecule has 0 aromatic heterocycles. The van der Waals surface area contributed by atoms with Gasteiger partial charge in [0.1, 0.15) is 11.4 Å². The minimum Gasteiger partial charge on any atom is -0.478 e. The number of hydrogen-bond acceptors (Lipinski definition) is 8. The van der Waals surface area contributed by atoms with E-state index in [1.54, 1.807) is 24.3 Å². The normalized spacial score (nSPS) is 19.9. The minimum atomic E-state index is -0.331. The Kier molecular flexibility index (Phi) is 7.11. The molecule has 8 heteroatoms. The fourth-order valence-electron chi connectivity index (χ4n) is 5.98. The van der Waals surface area contributed by atoms with E-state index in [1.807, 2.05) is 38.1 Å². The average molecular weight is 540 g/mol. The number of esters is 1. The highest BCUT2D eigenvalue weighted by molar-refractivity contribution is 6.32. The molecule has 8 nitrogen and oxygen atoms in total. The zero-order valence-corrected chi connectivity index (χ0v) is 22.9. The molecule has 0 spiro atoms. The van der Waals surface area contributed by atoms with Crippen LogP contribution in [-0.4, -0.2) is 67.0 Å². The number of carbonyl (C=O) groups is 3. The van der Waals surface area contributed by atoms with Crippen LogP contribution in [0.15, 0.2) is 59.1 Å². The van der Waals surface area contributed by atoms with Crippen LogP contribution in [0.5, 0.6) is 5.75 Å². The van der Waals surface area contributed by atoms with Gasteiger partial charge in [0.05, 0.1) is 29.4 Å². The van der Waals surface area contributed by atoms with Crippen LogP contribution < -0.4 is 10.1 Å². The third kappa shape index (κ3) is 4.66. The van der Waals surface area contributed by atoms with E-state index < -0.39 is 0 Å². The van der Waals surface area contributed by atoms with Gasteiger partial charge in [0.2, 0.25) is 0 Å². The number of likely N-dealkylation sites (tertiary alicyclic amines) is 1. The number of nitrogens with zero attached hydrogens (tertiary/aromatic N) is 2. The van der Waals surface area contributed by atoms with Crippen molar-refractivity contribution in [2.24, 2.45) is 10.9 Å². The second-order valence-electron chi connectivity index (χ2n) is 10.6. The molecule has 6 rings (SSSR count). The fraction of sp³-hybridized carbons (Fsp3) is 0.375.